The van der Waals surface area contributed by atoms with Crippen molar-refractivity contribution < 1.29 is 29.0 Å². The molecule has 0 aromatic heterocycles. The molecule has 0 saturated carbocycles. The van der Waals surface area contributed by atoms with Crippen LogP contribution in [0.1, 0.15) is 50.7 Å². The van der Waals surface area contributed by atoms with Gasteiger partial charge in [-0.2, -0.15) is 0 Å². The molecule has 1 aliphatic heterocycles. The molecule has 2 aliphatic rings. The number of likely N-dealkylation sites (tertiary alicyclic amines) is 1. The number of amides is 2. The Labute approximate surface area is 198 Å². The van der Waals surface area contributed by atoms with E-state index in [1.165, 1.54) is 4.90 Å². The quantitative estimate of drug-likeness (QED) is 0.744. The van der Waals surface area contributed by atoms with Gasteiger partial charge in [-0.05, 0) is 55.9 Å². The van der Waals surface area contributed by atoms with Gasteiger partial charge in [-0.1, -0.05) is 48.5 Å². The first-order valence-electron chi connectivity index (χ1n) is 11.4. The highest BCUT2D eigenvalue weighted by Crippen LogP contribution is 2.44. The number of alkyl carbamates (subject to hydrolysis) is 1. The molecule has 1 heterocycles. The van der Waals surface area contributed by atoms with Gasteiger partial charge in [0.05, 0.1) is 12.5 Å². The Morgan fingerprint density at radius 2 is 1.65 bits per heavy atom. The Bertz CT molecular complexity index is 1060. The molecule has 0 radical (unpaired) electrons. The number of carboxylic acids is 1. The van der Waals surface area contributed by atoms with E-state index < -0.39 is 29.3 Å². The van der Waals surface area contributed by atoms with Crippen molar-refractivity contribution >= 4 is 18.2 Å². The number of carbonyl (C=O) groups is 3. The Morgan fingerprint density at radius 3 is 2.21 bits per heavy atom. The molecule has 0 spiro atoms. The molecular formula is C26H29N2O6-. The van der Waals surface area contributed by atoms with Gasteiger partial charge in [-0.25, -0.2) is 9.59 Å². The molecule has 1 N–H and O–H groups in total. The normalized spacial score (nSPS) is 19.7. The Morgan fingerprint density at radius 1 is 1.06 bits per heavy atom. The number of ether oxygens (including phenoxy) is 2. The third kappa shape index (κ3) is 4.71. The number of carboxylic acid groups (broad SMARTS) is 1. The third-order valence-electron chi connectivity index (χ3n) is 6.22. The van der Waals surface area contributed by atoms with Crippen LogP contribution >= 0.6 is 0 Å². The first-order chi connectivity index (χ1) is 16.1. The number of piperidine rings is 1. The van der Waals surface area contributed by atoms with E-state index in [2.05, 4.69) is 5.32 Å². The van der Waals surface area contributed by atoms with Gasteiger partial charge in [0.1, 0.15) is 17.7 Å². The molecule has 180 valence electrons. The second-order valence-electron chi connectivity index (χ2n) is 9.83. The van der Waals surface area contributed by atoms with E-state index >= 15 is 0 Å². The Hall–Kier alpha value is -3.55. The van der Waals surface area contributed by atoms with Crippen LogP contribution in [-0.2, 0) is 14.3 Å². The van der Waals surface area contributed by atoms with Crippen molar-refractivity contribution in [2.45, 2.75) is 50.7 Å². The highest BCUT2D eigenvalue weighted by atomic mass is 16.6. The summed E-state index contributed by atoms with van der Waals surface area (Å²) in [6.45, 7) is 5.32. The van der Waals surface area contributed by atoms with E-state index in [1.807, 2.05) is 48.5 Å². The van der Waals surface area contributed by atoms with Crippen LogP contribution in [0.15, 0.2) is 48.5 Å². The van der Waals surface area contributed by atoms with Crippen molar-refractivity contribution in [1.82, 2.24) is 10.2 Å². The number of nitrogens with one attached hydrogen (secondary N) is 1. The van der Waals surface area contributed by atoms with Gasteiger partial charge in [-0.15, -0.1) is 0 Å². The summed E-state index contributed by atoms with van der Waals surface area (Å²) in [4.78, 5) is 38.6. The number of hydrogen-bond acceptors (Lipinski definition) is 6. The standard InChI is InChI=1S/C26H30N2O6/c1-25(2,3)34-24(32)28-14-8-13-26(16-28,22(29)30)27-23(31)33-15-21-19-11-6-4-9-17(19)18-10-5-7-12-20(18)21/h4-7,9-12,21H,8,13-16H2,1-3H3,(H,27,31)(H,29,30)/p-1/t26-/m0/s1. The summed E-state index contributed by atoms with van der Waals surface area (Å²) in [6, 6.07) is 15.9. The maximum Gasteiger partial charge on any atom is 0.410 e. The topological polar surface area (TPSA) is 108 Å². The molecule has 4 rings (SSSR count). The van der Waals surface area contributed by atoms with Crippen LogP contribution in [-0.4, -0.2) is 53.9 Å². The molecular weight excluding hydrogens is 436 g/mol. The van der Waals surface area contributed by atoms with Crippen molar-refractivity contribution in [2.75, 3.05) is 19.7 Å². The van der Waals surface area contributed by atoms with E-state index in [-0.39, 0.29) is 25.5 Å². The molecule has 34 heavy (non-hydrogen) atoms. The predicted molar refractivity (Wildman–Crippen MR) is 123 cm³/mol. The monoisotopic (exact) mass is 465 g/mol. The van der Waals surface area contributed by atoms with E-state index in [0.29, 0.717) is 13.0 Å². The fourth-order valence-electron chi connectivity index (χ4n) is 4.69. The number of fused-ring (bicyclic) bond motifs is 3. The molecule has 1 aliphatic carbocycles. The van der Waals surface area contributed by atoms with E-state index in [1.54, 1.807) is 20.8 Å². The van der Waals surface area contributed by atoms with Crippen molar-refractivity contribution in [3.63, 3.8) is 0 Å². The summed E-state index contributed by atoms with van der Waals surface area (Å²) in [6.07, 6.45) is -1.00. The zero-order valence-corrected chi connectivity index (χ0v) is 19.6. The van der Waals surface area contributed by atoms with Crippen molar-refractivity contribution in [3.8, 4) is 11.1 Å². The minimum atomic E-state index is -1.75. The van der Waals surface area contributed by atoms with E-state index in [9.17, 15) is 19.5 Å². The molecule has 0 bridgehead atoms. The lowest BCUT2D eigenvalue weighted by Crippen LogP contribution is -2.68. The van der Waals surface area contributed by atoms with E-state index in [0.717, 1.165) is 22.3 Å². The molecule has 1 fully saturated rings. The average molecular weight is 466 g/mol. The molecule has 1 atom stereocenters. The zero-order chi connectivity index (χ0) is 24.5. The Balaban J connectivity index is 1.45. The third-order valence-corrected chi connectivity index (χ3v) is 6.22. The SMILES string of the molecule is CC(C)(C)OC(=O)N1CCC[C@@](NC(=O)OCC2c3ccccc3-c3ccccc32)(C(=O)[O-])C1. The summed E-state index contributed by atoms with van der Waals surface area (Å²) in [5, 5.41) is 14.6. The van der Waals surface area contributed by atoms with Gasteiger partial charge < -0.3 is 29.6 Å². The smallest absolute Gasteiger partial charge is 0.410 e. The number of rotatable bonds is 4. The first-order valence-corrected chi connectivity index (χ1v) is 11.4. The maximum atomic E-state index is 12.7. The van der Waals surface area contributed by atoms with Gasteiger partial charge >= 0.3 is 12.2 Å². The average Bonchev–Trinajstić information content (AvgIpc) is 3.10. The summed E-state index contributed by atoms with van der Waals surface area (Å²) >= 11 is 0. The molecule has 0 unspecified atom stereocenters. The number of nitrogens with zero attached hydrogens (tertiary/aromatic N) is 1. The first kappa shape index (κ1) is 23.6. The van der Waals surface area contributed by atoms with Crippen LogP contribution < -0.4 is 10.4 Å². The lowest BCUT2D eigenvalue weighted by molar-refractivity contribution is -0.315. The molecule has 8 heteroatoms. The largest absolute Gasteiger partial charge is 0.548 e. The number of benzene rings is 2. The van der Waals surface area contributed by atoms with Crippen LogP contribution in [0, 0.1) is 0 Å². The molecule has 1 saturated heterocycles. The molecule has 2 amide bonds. The lowest BCUT2D eigenvalue weighted by Gasteiger charge is -2.43. The second kappa shape index (κ2) is 9.00. The Kier molecular flexibility index (Phi) is 6.25. The summed E-state index contributed by atoms with van der Waals surface area (Å²) in [7, 11) is 0. The summed E-state index contributed by atoms with van der Waals surface area (Å²) in [5.41, 5.74) is 1.83. The van der Waals surface area contributed by atoms with Crippen LogP contribution in [0.4, 0.5) is 9.59 Å². The van der Waals surface area contributed by atoms with Crippen molar-refractivity contribution in [2.24, 2.45) is 0 Å². The number of hydrogen-bond donors (Lipinski definition) is 1. The highest BCUT2D eigenvalue weighted by molar-refractivity contribution is 5.85. The van der Waals surface area contributed by atoms with Gasteiger partial charge in [0.15, 0.2) is 0 Å². The minimum absolute atomic E-state index is 0.0543. The highest BCUT2D eigenvalue weighted by Gasteiger charge is 2.42. The minimum Gasteiger partial charge on any atom is -0.548 e. The fourth-order valence-corrected chi connectivity index (χ4v) is 4.69. The molecule has 8 nitrogen and oxygen atoms in total. The zero-order valence-electron chi connectivity index (χ0n) is 19.6. The van der Waals surface area contributed by atoms with Crippen LogP contribution in [0.25, 0.3) is 11.1 Å². The van der Waals surface area contributed by atoms with Gasteiger partial charge in [0.25, 0.3) is 0 Å². The van der Waals surface area contributed by atoms with Crippen molar-refractivity contribution in [3.05, 3.63) is 59.7 Å². The summed E-state index contributed by atoms with van der Waals surface area (Å²) in [5.74, 6) is -1.61. The van der Waals surface area contributed by atoms with Crippen LogP contribution in [0.2, 0.25) is 0 Å². The second-order valence-corrected chi connectivity index (χ2v) is 9.83. The van der Waals surface area contributed by atoms with Gasteiger partial charge in [-0.3, -0.25) is 0 Å². The van der Waals surface area contributed by atoms with Gasteiger partial charge in [0.2, 0.25) is 0 Å². The maximum absolute atomic E-state index is 12.7. The number of carbonyl (C=O) groups excluding carboxylic acids is 3. The predicted octanol–water partition coefficient (Wildman–Crippen LogP) is 3.04. The van der Waals surface area contributed by atoms with Crippen LogP contribution in [0.3, 0.4) is 0 Å². The molecule has 2 aromatic carbocycles. The van der Waals surface area contributed by atoms with Crippen molar-refractivity contribution in [1.29, 1.82) is 0 Å². The van der Waals surface area contributed by atoms with Crippen LogP contribution in [0.5, 0.6) is 0 Å². The summed E-state index contributed by atoms with van der Waals surface area (Å²) < 4.78 is 10.9. The van der Waals surface area contributed by atoms with E-state index in [4.69, 9.17) is 9.47 Å². The van der Waals surface area contributed by atoms with Gasteiger partial charge in [0, 0.05) is 12.5 Å². The molecule has 2 aromatic rings. The lowest BCUT2D eigenvalue weighted by atomic mass is 9.89. The number of aliphatic carboxylic acids is 1. The fraction of sp³-hybridized carbons (Fsp3) is 0.423.